The van der Waals surface area contributed by atoms with Gasteiger partial charge in [-0.1, -0.05) is 0 Å². The van der Waals surface area contributed by atoms with Crippen LogP contribution in [0.15, 0.2) is 0 Å². The highest BCUT2D eigenvalue weighted by Crippen LogP contribution is 2.79. The van der Waals surface area contributed by atoms with Gasteiger partial charge in [-0.3, -0.25) is 4.79 Å². The lowest BCUT2D eigenvalue weighted by Crippen LogP contribution is -2.49. The standard InChI is InChI=1S/C13H15F3NO4S/c14-13(15,16)22(20,21)17(19)10(18)11-3-7-1-8-2-9(5-11)12(8,4-7)6-11/h7-9H,1-6H2/q-1. The van der Waals surface area contributed by atoms with Gasteiger partial charge in [0.2, 0.25) is 5.91 Å². The number of carbonyl (C=O) groups is 1. The maximum absolute atomic E-state index is 12.5. The van der Waals surface area contributed by atoms with Gasteiger partial charge < -0.3 is 9.68 Å². The van der Waals surface area contributed by atoms with E-state index in [0.717, 1.165) is 19.3 Å². The number of carbonyl (C=O) groups excluding carboxylic acids is 1. The van der Waals surface area contributed by atoms with Gasteiger partial charge in [0.15, 0.2) is 0 Å². The number of hydroxylamine groups is 1. The van der Waals surface area contributed by atoms with E-state index in [1.54, 1.807) is 0 Å². The van der Waals surface area contributed by atoms with Crippen molar-refractivity contribution in [1.29, 1.82) is 0 Å². The monoisotopic (exact) mass is 338 g/mol. The van der Waals surface area contributed by atoms with Gasteiger partial charge in [0.25, 0.3) is 0 Å². The molecule has 4 aliphatic carbocycles. The van der Waals surface area contributed by atoms with Gasteiger partial charge in [-0.15, -0.1) is 0 Å². The van der Waals surface area contributed by atoms with E-state index in [-0.39, 0.29) is 17.3 Å². The number of rotatable bonds is 2. The van der Waals surface area contributed by atoms with Gasteiger partial charge >= 0.3 is 15.5 Å². The molecule has 0 saturated heterocycles. The zero-order valence-corrected chi connectivity index (χ0v) is 12.4. The van der Waals surface area contributed by atoms with Crippen LogP contribution in [-0.4, -0.2) is 24.3 Å². The molecule has 4 fully saturated rings. The molecular weight excluding hydrogens is 323 g/mol. The summed E-state index contributed by atoms with van der Waals surface area (Å²) in [4.78, 5) is 12.4. The van der Waals surface area contributed by atoms with Crippen LogP contribution in [0.25, 0.3) is 0 Å². The molecule has 4 saturated carbocycles. The van der Waals surface area contributed by atoms with E-state index in [2.05, 4.69) is 0 Å². The SMILES string of the molecule is O=C(N([O-])S(=O)(=O)C(F)(F)F)C12CC3CC4CC(C1)C4(C3)C2. The average molecular weight is 338 g/mol. The Bertz CT molecular complexity index is 659. The molecule has 4 rings (SSSR count). The van der Waals surface area contributed by atoms with Crippen molar-refractivity contribution in [3.63, 3.8) is 0 Å². The van der Waals surface area contributed by atoms with E-state index >= 15 is 0 Å². The zero-order chi connectivity index (χ0) is 16.1. The highest BCUT2D eigenvalue weighted by atomic mass is 32.2. The minimum Gasteiger partial charge on any atom is -0.742 e. The molecule has 1 spiro atoms. The summed E-state index contributed by atoms with van der Waals surface area (Å²) in [5.41, 5.74) is -6.95. The molecule has 5 atom stereocenters. The fraction of sp³-hybridized carbons (Fsp3) is 0.923. The van der Waals surface area contributed by atoms with Crippen molar-refractivity contribution in [1.82, 2.24) is 4.47 Å². The van der Waals surface area contributed by atoms with Crippen LogP contribution in [0.2, 0.25) is 0 Å². The van der Waals surface area contributed by atoms with Gasteiger partial charge in [0, 0.05) is 0 Å². The Balaban J connectivity index is 1.67. The number of amides is 1. The zero-order valence-electron chi connectivity index (χ0n) is 11.6. The molecular formula is C13H15F3NO4S-. The van der Waals surface area contributed by atoms with Crippen LogP contribution >= 0.6 is 0 Å². The topological polar surface area (TPSA) is 77.5 Å². The van der Waals surface area contributed by atoms with E-state index in [0.29, 0.717) is 25.2 Å². The third-order valence-electron chi connectivity index (χ3n) is 6.60. The van der Waals surface area contributed by atoms with Gasteiger partial charge in [-0.25, -0.2) is 0 Å². The number of sulfonamides is 1. The van der Waals surface area contributed by atoms with E-state index in [1.165, 1.54) is 0 Å². The molecule has 1 amide bonds. The number of fused-ring (bicyclic) bond motifs is 2. The van der Waals surface area contributed by atoms with E-state index in [1.807, 2.05) is 0 Å². The van der Waals surface area contributed by atoms with Crippen LogP contribution in [0.5, 0.6) is 0 Å². The molecule has 5 unspecified atom stereocenters. The minimum atomic E-state index is -6.15. The first-order valence-electron chi connectivity index (χ1n) is 7.35. The van der Waals surface area contributed by atoms with Crippen molar-refractivity contribution in [2.75, 3.05) is 0 Å². The van der Waals surface area contributed by atoms with Crippen LogP contribution in [0.4, 0.5) is 13.2 Å². The Labute approximate surface area is 125 Å². The van der Waals surface area contributed by atoms with Crippen LogP contribution in [0.1, 0.15) is 38.5 Å². The predicted molar refractivity (Wildman–Crippen MR) is 68.2 cm³/mol. The highest BCUT2D eigenvalue weighted by molar-refractivity contribution is 7.90. The molecule has 3 bridgehead atoms. The Morgan fingerprint density at radius 1 is 1.14 bits per heavy atom. The lowest BCUT2D eigenvalue weighted by molar-refractivity contribution is -0.138. The first-order chi connectivity index (χ1) is 10.0. The largest absolute Gasteiger partial charge is 0.742 e. The van der Waals surface area contributed by atoms with Crippen molar-refractivity contribution >= 4 is 15.9 Å². The average Bonchev–Trinajstić information content (AvgIpc) is 2.72. The van der Waals surface area contributed by atoms with E-state index in [4.69, 9.17) is 0 Å². The minimum absolute atomic E-state index is 0.0125. The third-order valence-corrected chi connectivity index (χ3v) is 7.78. The Morgan fingerprint density at radius 2 is 1.82 bits per heavy atom. The van der Waals surface area contributed by atoms with Crippen molar-refractivity contribution in [2.45, 2.75) is 44.0 Å². The highest BCUT2D eigenvalue weighted by Gasteiger charge is 2.73. The quantitative estimate of drug-likeness (QED) is 0.724. The smallest absolute Gasteiger partial charge is 0.515 e. The molecule has 124 valence electrons. The van der Waals surface area contributed by atoms with E-state index < -0.39 is 31.3 Å². The normalized spacial score (nSPS) is 45.5. The lowest BCUT2D eigenvalue weighted by atomic mass is 9.55. The van der Waals surface area contributed by atoms with Crippen LogP contribution in [-0.2, 0) is 14.8 Å². The molecule has 22 heavy (non-hydrogen) atoms. The second-order valence-electron chi connectivity index (χ2n) is 7.52. The summed E-state index contributed by atoms with van der Waals surface area (Å²) in [5.74, 6) is -0.406. The fourth-order valence-corrected chi connectivity index (χ4v) is 6.61. The first-order valence-corrected chi connectivity index (χ1v) is 8.79. The van der Waals surface area contributed by atoms with Crippen LogP contribution in [0, 0.1) is 33.8 Å². The number of nitrogens with zero attached hydrogens (tertiary/aromatic N) is 1. The van der Waals surface area contributed by atoms with E-state index in [9.17, 15) is 31.6 Å². The number of hydrogen-bond acceptors (Lipinski definition) is 4. The number of halogens is 3. The number of hydrogen-bond donors (Lipinski definition) is 0. The Morgan fingerprint density at radius 3 is 2.45 bits per heavy atom. The van der Waals surface area contributed by atoms with Crippen LogP contribution < -0.4 is 0 Å². The number of alkyl halides is 3. The van der Waals surface area contributed by atoms with Crippen molar-refractivity contribution in [3.8, 4) is 0 Å². The second-order valence-corrected chi connectivity index (χ2v) is 9.26. The Hall–Kier alpha value is -0.830. The van der Waals surface area contributed by atoms with Gasteiger partial charge in [-0.05, 0) is 61.7 Å². The summed E-state index contributed by atoms with van der Waals surface area (Å²) in [6, 6.07) is 0. The molecule has 4 aliphatic rings. The third kappa shape index (κ3) is 1.49. The summed E-state index contributed by atoms with van der Waals surface area (Å²) < 4.78 is 58.8. The van der Waals surface area contributed by atoms with Gasteiger partial charge in [0.05, 0.1) is 5.41 Å². The van der Waals surface area contributed by atoms with Crippen molar-refractivity contribution in [2.24, 2.45) is 28.6 Å². The summed E-state index contributed by atoms with van der Waals surface area (Å²) in [7, 11) is -6.15. The fourth-order valence-electron chi connectivity index (χ4n) is 6.01. The molecule has 0 N–H and O–H groups in total. The molecule has 0 aromatic carbocycles. The van der Waals surface area contributed by atoms with Gasteiger partial charge in [-0.2, -0.15) is 21.6 Å². The maximum Gasteiger partial charge on any atom is 0.515 e. The summed E-state index contributed by atoms with van der Waals surface area (Å²) in [6.07, 6.45) is 3.99. The molecule has 0 heterocycles. The Kier molecular flexibility index (Phi) is 2.55. The molecule has 0 aromatic heterocycles. The van der Waals surface area contributed by atoms with Gasteiger partial charge in [0.1, 0.15) is 0 Å². The second kappa shape index (κ2) is 3.80. The molecule has 5 nitrogen and oxygen atoms in total. The van der Waals surface area contributed by atoms with Crippen molar-refractivity contribution < 1.29 is 26.4 Å². The van der Waals surface area contributed by atoms with Crippen molar-refractivity contribution in [3.05, 3.63) is 5.21 Å². The maximum atomic E-state index is 12.5. The molecule has 0 aromatic rings. The predicted octanol–water partition coefficient (Wildman–Crippen LogP) is 2.38. The summed E-state index contributed by atoms with van der Waals surface area (Å²) in [6.45, 7) is 0. The molecule has 0 radical (unpaired) electrons. The molecule has 9 heteroatoms. The summed E-state index contributed by atoms with van der Waals surface area (Å²) >= 11 is 0. The van der Waals surface area contributed by atoms with Crippen LogP contribution in [0.3, 0.4) is 0 Å². The molecule has 0 aliphatic heterocycles. The first kappa shape index (κ1) is 14.7. The lowest BCUT2D eigenvalue weighted by Gasteiger charge is -2.49. The summed E-state index contributed by atoms with van der Waals surface area (Å²) in [5, 5.41) is 11.7.